The molecular weight excluding hydrogens is 312 g/mol. The van der Waals surface area contributed by atoms with Gasteiger partial charge >= 0.3 is 0 Å². The number of carbonyl (C=O) groups is 1. The molecule has 0 aliphatic rings. The van der Waals surface area contributed by atoms with Gasteiger partial charge in [-0.15, -0.1) is 21.5 Å². The van der Waals surface area contributed by atoms with Crippen molar-refractivity contribution in [3.05, 3.63) is 40.0 Å². The first kappa shape index (κ1) is 15.3. The molecule has 0 spiro atoms. The number of carbonyl (C=O) groups excluding carboxylic acids is 1. The normalized spacial score (nSPS) is 10.7. The van der Waals surface area contributed by atoms with Crippen molar-refractivity contribution < 1.29 is 4.79 Å². The van der Waals surface area contributed by atoms with Gasteiger partial charge in [0.05, 0.1) is 12.1 Å². The molecule has 0 fully saturated rings. The third-order valence-electron chi connectivity index (χ3n) is 3.53. The Morgan fingerprint density at radius 3 is 2.78 bits per heavy atom. The molecule has 0 saturated heterocycles. The van der Waals surface area contributed by atoms with E-state index in [9.17, 15) is 4.79 Å². The molecular formula is C15H16N6OS. The lowest BCUT2D eigenvalue weighted by Gasteiger charge is -2.03. The lowest BCUT2D eigenvalue weighted by atomic mass is 10.0. The van der Waals surface area contributed by atoms with Gasteiger partial charge in [-0.3, -0.25) is 4.79 Å². The summed E-state index contributed by atoms with van der Waals surface area (Å²) in [5, 5.41) is 16.6. The average Bonchev–Trinajstić information content (AvgIpc) is 3.12. The van der Waals surface area contributed by atoms with Gasteiger partial charge < -0.3 is 5.32 Å². The number of tetrazole rings is 1. The largest absolute Gasteiger partial charge is 0.302 e. The number of benzene rings is 1. The zero-order valence-electron chi connectivity index (χ0n) is 13.0. The lowest BCUT2D eigenvalue weighted by molar-refractivity contribution is -0.115. The second kappa shape index (κ2) is 6.25. The number of H-pyrrole nitrogens is 1. The number of nitrogens with one attached hydrogen (secondary N) is 2. The van der Waals surface area contributed by atoms with Crippen molar-refractivity contribution in [2.45, 2.75) is 27.2 Å². The van der Waals surface area contributed by atoms with E-state index in [1.165, 1.54) is 22.5 Å². The van der Waals surface area contributed by atoms with Crippen molar-refractivity contribution in [3.63, 3.8) is 0 Å². The summed E-state index contributed by atoms with van der Waals surface area (Å²) in [4.78, 5) is 17.6. The van der Waals surface area contributed by atoms with Crippen LogP contribution in [-0.4, -0.2) is 31.5 Å². The van der Waals surface area contributed by atoms with E-state index in [2.05, 4.69) is 63.0 Å². The smallest absolute Gasteiger partial charge is 0.233 e. The highest BCUT2D eigenvalue weighted by atomic mass is 32.1. The number of nitrogens with zero attached hydrogens (tertiary/aromatic N) is 4. The Balaban J connectivity index is 1.77. The maximum atomic E-state index is 12.0. The molecule has 1 amide bonds. The van der Waals surface area contributed by atoms with Gasteiger partial charge in [-0.1, -0.05) is 17.3 Å². The number of aromatic nitrogens is 5. The lowest BCUT2D eigenvalue weighted by Crippen LogP contribution is -2.15. The van der Waals surface area contributed by atoms with Gasteiger partial charge in [-0.2, -0.15) is 5.21 Å². The van der Waals surface area contributed by atoms with Crippen LogP contribution in [0.15, 0.2) is 18.2 Å². The van der Waals surface area contributed by atoms with Crippen LogP contribution in [0, 0.1) is 20.8 Å². The van der Waals surface area contributed by atoms with E-state index in [4.69, 9.17) is 0 Å². The fraction of sp³-hybridized carbons (Fsp3) is 0.267. The molecule has 0 atom stereocenters. The first-order valence-corrected chi connectivity index (χ1v) is 7.92. The molecule has 7 nitrogen and oxygen atoms in total. The number of hydrogen-bond donors (Lipinski definition) is 2. The van der Waals surface area contributed by atoms with Crippen LogP contribution in [0.4, 0.5) is 5.13 Å². The van der Waals surface area contributed by atoms with E-state index in [1.807, 2.05) is 6.92 Å². The Bertz CT molecular complexity index is 840. The zero-order chi connectivity index (χ0) is 16.4. The Hall–Kier alpha value is -2.61. The second-order valence-electron chi connectivity index (χ2n) is 5.28. The summed E-state index contributed by atoms with van der Waals surface area (Å²) >= 11 is 1.45. The average molecular weight is 328 g/mol. The Kier molecular flexibility index (Phi) is 4.16. The summed E-state index contributed by atoms with van der Waals surface area (Å²) in [6.07, 6.45) is 0.0636. The maximum Gasteiger partial charge on any atom is 0.233 e. The Morgan fingerprint density at radius 2 is 2.09 bits per heavy atom. The third kappa shape index (κ3) is 3.42. The van der Waals surface area contributed by atoms with Crippen molar-refractivity contribution >= 4 is 22.4 Å². The van der Waals surface area contributed by atoms with E-state index in [0.717, 1.165) is 16.1 Å². The first-order valence-electron chi connectivity index (χ1n) is 7.10. The minimum atomic E-state index is -0.216. The number of amides is 1. The van der Waals surface area contributed by atoms with E-state index in [0.29, 0.717) is 11.0 Å². The number of anilines is 1. The summed E-state index contributed by atoms with van der Waals surface area (Å²) in [6, 6.07) is 6.25. The van der Waals surface area contributed by atoms with Crippen molar-refractivity contribution in [3.8, 4) is 11.3 Å². The number of aromatic amines is 1. The second-order valence-corrected chi connectivity index (χ2v) is 6.48. The quantitative estimate of drug-likeness (QED) is 0.767. The van der Waals surface area contributed by atoms with Gasteiger partial charge in [-0.25, -0.2) is 4.98 Å². The molecule has 0 saturated carbocycles. The number of aryl methyl sites for hydroxylation is 3. The molecule has 2 aromatic heterocycles. The fourth-order valence-electron chi connectivity index (χ4n) is 2.17. The van der Waals surface area contributed by atoms with Gasteiger partial charge in [0.2, 0.25) is 5.91 Å². The van der Waals surface area contributed by atoms with Crippen LogP contribution in [-0.2, 0) is 11.2 Å². The van der Waals surface area contributed by atoms with Gasteiger partial charge in [0, 0.05) is 10.4 Å². The Labute approximate surface area is 137 Å². The van der Waals surface area contributed by atoms with Crippen LogP contribution in [0.3, 0.4) is 0 Å². The third-order valence-corrected chi connectivity index (χ3v) is 4.42. The molecule has 23 heavy (non-hydrogen) atoms. The van der Waals surface area contributed by atoms with Crippen molar-refractivity contribution in [1.29, 1.82) is 0 Å². The highest BCUT2D eigenvalue weighted by Gasteiger charge is 2.14. The topological polar surface area (TPSA) is 96.5 Å². The minimum Gasteiger partial charge on any atom is -0.302 e. The molecule has 0 aliphatic carbocycles. The van der Waals surface area contributed by atoms with Gasteiger partial charge in [0.25, 0.3) is 0 Å². The summed E-state index contributed by atoms with van der Waals surface area (Å²) in [7, 11) is 0. The SMILES string of the molecule is Cc1ccc(-c2nc(NC(=O)Cc3nn[nH]n3)sc2C)cc1C. The van der Waals surface area contributed by atoms with Crippen LogP contribution in [0.2, 0.25) is 0 Å². The number of hydrogen-bond acceptors (Lipinski definition) is 6. The molecule has 118 valence electrons. The molecule has 2 N–H and O–H groups in total. The molecule has 0 bridgehead atoms. The number of thiazole rings is 1. The summed E-state index contributed by atoms with van der Waals surface area (Å²) < 4.78 is 0. The zero-order valence-corrected chi connectivity index (χ0v) is 13.9. The molecule has 0 radical (unpaired) electrons. The molecule has 3 rings (SSSR count). The maximum absolute atomic E-state index is 12.0. The highest BCUT2D eigenvalue weighted by molar-refractivity contribution is 7.16. The molecule has 0 unspecified atom stereocenters. The van der Waals surface area contributed by atoms with Crippen LogP contribution in [0.25, 0.3) is 11.3 Å². The first-order chi connectivity index (χ1) is 11.0. The fourth-order valence-corrected chi connectivity index (χ4v) is 3.02. The van der Waals surface area contributed by atoms with Crippen LogP contribution in [0.1, 0.15) is 21.8 Å². The highest BCUT2D eigenvalue weighted by Crippen LogP contribution is 2.31. The predicted molar refractivity (Wildman–Crippen MR) is 88.3 cm³/mol. The van der Waals surface area contributed by atoms with Gasteiger partial charge in [0.15, 0.2) is 11.0 Å². The number of rotatable bonds is 4. The minimum absolute atomic E-state index is 0.0636. The summed E-state index contributed by atoms with van der Waals surface area (Å²) in [5.74, 6) is 0.136. The van der Waals surface area contributed by atoms with Crippen molar-refractivity contribution in [2.75, 3.05) is 5.32 Å². The van der Waals surface area contributed by atoms with E-state index >= 15 is 0 Å². The van der Waals surface area contributed by atoms with Gasteiger partial charge in [-0.05, 0) is 38.0 Å². The van der Waals surface area contributed by atoms with E-state index < -0.39 is 0 Å². The van der Waals surface area contributed by atoms with E-state index in [-0.39, 0.29) is 12.3 Å². The summed E-state index contributed by atoms with van der Waals surface area (Å²) in [5.41, 5.74) is 4.42. The molecule has 8 heteroatoms. The molecule has 1 aromatic carbocycles. The van der Waals surface area contributed by atoms with Crippen LogP contribution < -0.4 is 5.32 Å². The predicted octanol–water partition coefficient (Wildman–Crippen LogP) is 2.43. The van der Waals surface area contributed by atoms with Crippen LogP contribution in [0.5, 0.6) is 0 Å². The Morgan fingerprint density at radius 1 is 1.26 bits per heavy atom. The van der Waals surface area contributed by atoms with Gasteiger partial charge in [0.1, 0.15) is 0 Å². The summed E-state index contributed by atoms with van der Waals surface area (Å²) in [6.45, 7) is 6.15. The molecule has 3 aromatic rings. The molecule has 0 aliphatic heterocycles. The monoisotopic (exact) mass is 328 g/mol. The standard InChI is InChI=1S/C15H16N6OS/c1-8-4-5-11(6-9(8)2)14-10(3)23-15(17-14)16-13(22)7-12-18-20-21-19-12/h4-6H,7H2,1-3H3,(H,16,17,22)(H,18,19,20,21). The van der Waals surface area contributed by atoms with Crippen molar-refractivity contribution in [1.82, 2.24) is 25.6 Å². The van der Waals surface area contributed by atoms with Crippen LogP contribution >= 0.6 is 11.3 Å². The van der Waals surface area contributed by atoms with E-state index in [1.54, 1.807) is 0 Å². The van der Waals surface area contributed by atoms with Crippen molar-refractivity contribution in [2.24, 2.45) is 0 Å². The molecule has 2 heterocycles.